The molecule has 25 heavy (non-hydrogen) atoms. The fourth-order valence-electron chi connectivity index (χ4n) is 2.57. The van der Waals surface area contributed by atoms with Gasteiger partial charge in [0, 0.05) is 6.08 Å². The van der Waals surface area contributed by atoms with Crippen LogP contribution in [0.25, 0.3) is 0 Å². The van der Waals surface area contributed by atoms with Crippen LogP contribution < -0.4 is 0 Å². The monoisotopic (exact) mass is 346 g/mol. The van der Waals surface area contributed by atoms with Crippen molar-refractivity contribution in [3.8, 4) is 12.3 Å². The molecule has 0 aromatic rings. The van der Waals surface area contributed by atoms with Gasteiger partial charge in [-0.25, -0.2) is 4.79 Å². The Balaban J connectivity index is 2.18. The Kier molecular flexibility index (Phi) is 9.60. The summed E-state index contributed by atoms with van der Waals surface area (Å²) >= 11 is 0. The summed E-state index contributed by atoms with van der Waals surface area (Å²) in [6, 6.07) is 0. The lowest BCUT2D eigenvalue weighted by Gasteiger charge is -2.26. The SMILES string of the molecule is C#CCOC(=O)/C=C(C)/C=C/CC(C)CCCC(C)(C)OCC1CC1. The van der Waals surface area contributed by atoms with Crippen molar-refractivity contribution < 1.29 is 14.3 Å². The molecule has 0 N–H and O–H groups in total. The first kappa shape index (κ1) is 21.5. The molecule has 3 heteroatoms. The van der Waals surface area contributed by atoms with E-state index in [4.69, 9.17) is 15.9 Å². The topological polar surface area (TPSA) is 35.5 Å². The molecule has 1 fully saturated rings. The third-order valence-corrected chi connectivity index (χ3v) is 4.44. The van der Waals surface area contributed by atoms with Gasteiger partial charge in [-0.1, -0.05) is 37.8 Å². The van der Waals surface area contributed by atoms with Gasteiger partial charge in [-0.05, 0) is 63.9 Å². The van der Waals surface area contributed by atoms with Gasteiger partial charge in [0.15, 0.2) is 6.61 Å². The summed E-state index contributed by atoms with van der Waals surface area (Å²) in [5.74, 6) is 3.33. The molecule has 0 aromatic heterocycles. The van der Waals surface area contributed by atoms with Crippen LogP contribution in [0.1, 0.15) is 66.2 Å². The van der Waals surface area contributed by atoms with Gasteiger partial charge in [-0.15, -0.1) is 6.42 Å². The second-order valence-corrected chi connectivity index (χ2v) is 7.85. The summed E-state index contributed by atoms with van der Waals surface area (Å²) in [6.45, 7) is 9.51. The first-order valence-electron chi connectivity index (χ1n) is 9.41. The van der Waals surface area contributed by atoms with E-state index in [0.29, 0.717) is 5.92 Å². The zero-order valence-corrected chi connectivity index (χ0v) is 16.3. The average molecular weight is 347 g/mol. The highest BCUT2D eigenvalue weighted by molar-refractivity contribution is 5.83. The van der Waals surface area contributed by atoms with E-state index in [1.165, 1.54) is 31.8 Å². The van der Waals surface area contributed by atoms with Crippen molar-refractivity contribution >= 4 is 5.97 Å². The van der Waals surface area contributed by atoms with Crippen molar-refractivity contribution in [2.45, 2.75) is 71.8 Å². The molecule has 0 aromatic carbocycles. The van der Waals surface area contributed by atoms with E-state index in [9.17, 15) is 4.79 Å². The molecule has 140 valence electrons. The minimum absolute atomic E-state index is 0.00375. The fraction of sp³-hybridized carbons (Fsp3) is 0.682. The van der Waals surface area contributed by atoms with Crippen LogP contribution in [0, 0.1) is 24.2 Å². The molecule has 0 amide bonds. The van der Waals surface area contributed by atoms with E-state index in [1.807, 2.05) is 13.0 Å². The highest BCUT2D eigenvalue weighted by atomic mass is 16.5. The third-order valence-electron chi connectivity index (χ3n) is 4.44. The fourth-order valence-corrected chi connectivity index (χ4v) is 2.57. The number of ether oxygens (including phenoxy) is 2. The summed E-state index contributed by atoms with van der Waals surface area (Å²) in [5, 5.41) is 0. The predicted octanol–water partition coefficient (Wildman–Crippen LogP) is 5.07. The minimum atomic E-state index is -0.387. The smallest absolute Gasteiger partial charge is 0.331 e. The lowest BCUT2D eigenvalue weighted by atomic mass is 9.94. The Morgan fingerprint density at radius 1 is 1.40 bits per heavy atom. The van der Waals surface area contributed by atoms with E-state index in [1.54, 1.807) is 0 Å². The number of rotatable bonds is 12. The number of carbonyl (C=O) groups is 1. The van der Waals surface area contributed by atoms with Gasteiger partial charge in [0.1, 0.15) is 0 Å². The normalized spacial score (nSPS) is 16.7. The predicted molar refractivity (Wildman–Crippen MR) is 103 cm³/mol. The largest absolute Gasteiger partial charge is 0.449 e. The molecule has 1 rings (SSSR count). The first-order valence-corrected chi connectivity index (χ1v) is 9.41. The van der Waals surface area contributed by atoms with Crippen LogP contribution in [0.3, 0.4) is 0 Å². The Morgan fingerprint density at radius 2 is 2.12 bits per heavy atom. The second-order valence-electron chi connectivity index (χ2n) is 7.85. The Labute approximate surface area is 153 Å². The number of carbonyl (C=O) groups excluding carboxylic acids is 1. The second kappa shape index (κ2) is 11.2. The number of hydrogen-bond donors (Lipinski definition) is 0. The van der Waals surface area contributed by atoms with Gasteiger partial charge >= 0.3 is 5.97 Å². The minimum Gasteiger partial charge on any atom is -0.449 e. The molecule has 1 atom stereocenters. The molecule has 1 aliphatic carbocycles. The quantitative estimate of drug-likeness (QED) is 0.214. The van der Waals surface area contributed by atoms with Crippen LogP contribution in [0.5, 0.6) is 0 Å². The summed E-state index contributed by atoms with van der Waals surface area (Å²) in [6.07, 6.45) is 17.8. The van der Waals surface area contributed by atoms with Crippen LogP contribution in [0.2, 0.25) is 0 Å². The van der Waals surface area contributed by atoms with E-state index in [0.717, 1.165) is 30.9 Å². The van der Waals surface area contributed by atoms with Crippen LogP contribution in [0.4, 0.5) is 0 Å². The van der Waals surface area contributed by atoms with Crippen molar-refractivity contribution in [2.75, 3.05) is 13.2 Å². The third kappa shape index (κ3) is 11.6. The van der Waals surface area contributed by atoms with Gasteiger partial charge in [-0.3, -0.25) is 0 Å². The molecule has 1 aliphatic rings. The molecular weight excluding hydrogens is 312 g/mol. The van der Waals surface area contributed by atoms with Gasteiger partial charge < -0.3 is 9.47 Å². The van der Waals surface area contributed by atoms with E-state index >= 15 is 0 Å². The maximum absolute atomic E-state index is 11.4. The lowest BCUT2D eigenvalue weighted by molar-refractivity contribution is -0.136. The molecule has 0 saturated heterocycles. The molecule has 0 radical (unpaired) electrons. The zero-order chi connectivity index (χ0) is 18.7. The Hall–Kier alpha value is -1.53. The molecule has 0 spiro atoms. The number of allylic oxidation sites excluding steroid dienone is 3. The highest BCUT2D eigenvalue weighted by Gasteiger charge is 2.26. The highest BCUT2D eigenvalue weighted by Crippen LogP contribution is 2.31. The molecule has 3 nitrogen and oxygen atoms in total. The number of esters is 1. The van der Waals surface area contributed by atoms with Crippen LogP contribution in [0.15, 0.2) is 23.8 Å². The molecule has 0 heterocycles. The van der Waals surface area contributed by atoms with Crippen molar-refractivity contribution in [3.63, 3.8) is 0 Å². The Bertz CT molecular complexity index is 504. The average Bonchev–Trinajstić information content (AvgIpc) is 3.35. The summed E-state index contributed by atoms with van der Waals surface area (Å²) < 4.78 is 10.9. The van der Waals surface area contributed by atoms with E-state index in [-0.39, 0.29) is 18.2 Å². The van der Waals surface area contributed by atoms with Gasteiger partial charge in [0.05, 0.1) is 12.2 Å². The van der Waals surface area contributed by atoms with Crippen molar-refractivity contribution in [2.24, 2.45) is 11.8 Å². The van der Waals surface area contributed by atoms with Gasteiger partial charge in [0.2, 0.25) is 0 Å². The van der Waals surface area contributed by atoms with Gasteiger partial charge in [0.25, 0.3) is 0 Å². The molecular formula is C22H34O3. The van der Waals surface area contributed by atoms with Crippen LogP contribution in [-0.2, 0) is 14.3 Å². The summed E-state index contributed by atoms with van der Waals surface area (Å²) in [5.41, 5.74) is 0.875. The van der Waals surface area contributed by atoms with E-state index in [2.05, 4.69) is 32.8 Å². The van der Waals surface area contributed by atoms with Crippen LogP contribution in [-0.4, -0.2) is 24.8 Å². The number of terminal acetylenes is 1. The van der Waals surface area contributed by atoms with Gasteiger partial charge in [-0.2, -0.15) is 0 Å². The molecule has 1 unspecified atom stereocenters. The maximum atomic E-state index is 11.4. The van der Waals surface area contributed by atoms with E-state index < -0.39 is 0 Å². The number of hydrogen-bond acceptors (Lipinski definition) is 3. The zero-order valence-electron chi connectivity index (χ0n) is 16.3. The van der Waals surface area contributed by atoms with Crippen molar-refractivity contribution in [1.29, 1.82) is 0 Å². The maximum Gasteiger partial charge on any atom is 0.331 e. The van der Waals surface area contributed by atoms with Crippen molar-refractivity contribution in [1.82, 2.24) is 0 Å². The Morgan fingerprint density at radius 3 is 2.76 bits per heavy atom. The molecule has 0 aliphatic heterocycles. The van der Waals surface area contributed by atoms with Crippen LogP contribution >= 0.6 is 0 Å². The standard InChI is InChI=1S/C22H34O3/c1-6-15-24-21(23)16-19(3)10-7-9-18(2)11-8-14-22(4,5)25-17-20-12-13-20/h1,7,10,16,18,20H,8-9,11-15,17H2,2-5H3/b10-7+,19-16+. The van der Waals surface area contributed by atoms with Crippen molar-refractivity contribution in [3.05, 3.63) is 23.8 Å². The lowest BCUT2D eigenvalue weighted by Crippen LogP contribution is -2.25. The molecule has 0 bridgehead atoms. The summed E-state index contributed by atoms with van der Waals surface area (Å²) in [4.78, 5) is 11.4. The summed E-state index contributed by atoms with van der Waals surface area (Å²) in [7, 11) is 0. The first-order chi connectivity index (χ1) is 11.8. The molecule has 1 saturated carbocycles.